The molecular weight excluding hydrogens is 332 g/mol. The Balaban J connectivity index is 1.98. The summed E-state index contributed by atoms with van der Waals surface area (Å²) in [6.07, 6.45) is 2.15. The van der Waals surface area contributed by atoms with E-state index >= 15 is 0 Å². The average Bonchev–Trinajstić information content (AvgIpc) is 2.69. The smallest absolute Gasteiger partial charge is 0.142 e. The first-order valence-electron chi connectivity index (χ1n) is 8.89. The van der Waals surface area contributed by atoms with Crippen LogP contribution in [-0.4, -0.2) is 23.5 Å². The molecule has 0 spiro atoms. The Hall–Kier alpha value is -3.42. The molecule has 0 radical (unpaired) electrons. The normalized spacial score (nSPS) is 15.3. The number of rotatable bonds is 2. The zero-order valence-electron chi connectivity index (χ0n) is 15.2. The number of aromatic nitrogens is 1. The van der Waals surface area contributed by atoms with Crippen LogP contribution in [0, 0.1) is 11.3 Å². The first kappa shape index (κ1) is 17.0. The summed E-state index contributed by atoms with van der Waals surface area (Å²) < 4.78 is 0. The maximum Gasteiger partial charge on any atom is 0.142 e. The molecule has 2 aromatic carbocycles. The minimum atomic E-state index is 0.290. The van der Waals surface area contributed by atoms with Gasteiger partial charge in [0, 0.05) is 24.2 Å². The summed E-state index contributed by atoms with van der Waals surface area (Å²) in [5, 5.41) is 9.73. The van der Waals surface area contributed by atoms with Crippen LogP contribution < -0.4 is 5.73 Å². The summed E-state index contributed by atoms with van der Waals surface area (Å²) in [7, 11) is 2.08. The molecule has 0 fully saturated rings. The van der Waals surface area contributed by atoms with Gasteiger partial charge in [-0.3, -0.25) is 4.90 Å². The lowest BCUT2D eigenvalue weighted by molar-refractivity contribution is 0.358. The highest BCUT2D eigenvalue weighted by molar-refractivity contribution is 5.89. The van der Waals surface area contributed by atoms with E-state index < -0.39 is 0 Å². The quantitative estimate of drug-likeness (QED) is 0.751. The number of nitrogens with zero attached hydrogens (tertiary/aromatic N) is 3. The van der Waals surface area contributed by atoms with E-state index in [1.165, 1.54) is 0 Å². The number of hydrogen-bond acceptors (Lipinski definition) is 4. The lowest BCUT2D eigenvalue weighted by Gasteiger charge is -2.29. The first-order chi connectivity index (χ1) is 13.2. The maximum atomic E-state index is 9.73. The van der Waals surface area contributed by atoms with Gasteiger partial charge in [-0.25, -0.2) is 4.98 Å². The van der Waals surface area contributed by atoms with E-state index in [1.54, 1.807) is 0 Å². The monoisotopic (exact) mass is 352 g/mol. The van der Waals surface area contributed by atoms with Crippen LogP contribution in [0.25, 0.3) is 22.8 Å². The second-order valence-corrected chi connectivity index (χ2v) is 6.80. The Labute approximate surface area is 159 Å². The zero-order chi connectivity index (χ0) is 18.8. The molecule has 27 heavy (non-hydrogen) atoms. The summed E-state index contributed by atoms with van der Waals surface area (Å²) in [4.78, 5) is 6.88. The molecule has 0 amide bonds. The molecule has 3 aromatic rings. The summed E-state index contributed by atoms with van der Waals surface area (Å²) >= 11 is 0. The van der Waals surface area contributed by atoms with Gasteiger partial charge in [0.25, 0.3) is 0 Å². The van der Waals surface area contributed by atoms with E-state index in [4.69, 9.17) is 5.73 Å². The molecular formula is C23H20N4. The van der Waals surface area contributed by atoms with Gasteiger partial charge in [-0.1, -0.05) is 60.7 Å². The fourth-order valence-electron chi connectivity index (χ4n) is 3.65. The van der Waals surface area contributed by atoms with Crippen molar-refractivity contribution < 1.29 is 0 Å². The zero-order valence-corrected chi connectivity index (χ0v) is 15.2. The number of hydrogen-bond donors (Lipinski definition) is 1. The molecule has 1 aliphatic rings. The molecule has 1 aromatic heterocycles. The molecule has 4 rings (SSSR count). The predicted octanol–water partition coefficient (Wildman–Crippen LogP) is 4.19. The van der Waals surface area contributed by atoms with Crippen LogP contribution in [0.3, 0.4) is 0 Å². The van der Waals surface area contributed by atoms with Crippen molar-refractivity contribution in [3.63, 3.8) is 0 Å². The van der Waals surface area contributed by atoms with Crippen molar-refractivity contribution in [3.8, 4) is 17.2 Å². The van der Waals surface area contributed by atoms with Crippen molar-refractivity contribution in [1.29, 1.82) is 5.26 Å². The maximum absolute atomic E-state index is 9.73. The topological polar surface area (TPSA) is 65.9 Å². The van der Waals surface area contributed by atoms with Crippen LogP contribution in [0.2, 0.25) is 0 Å². The fourth-order valence-corrected chi connectivity index (χ4v) is 3.65. The van der Waals surface area contributed by atoms with Crippen LogP contribution in [0.4, 0.5) is 5.82 Å². The second kappa shape index (κ2) is 7.06. The molecule has 0 aliphatic carbocycles. The van der Waals surface area contributed by atoms with Crippen molar-refractivity contribution >= 4 is 17.5 Å². The molecule has 1 aliphatic heterocycles. The Kier molecular flexibility index (Phi) is 4.45. The minimum absolute atomic E-state index is 0.290. The number of benzene rings is 2. The number of anilines is 1. The Morgan fingerprint density at radius 1 is 1.04 bits per heavy atom. The number of nitriles is 1. The lowest BCUT2D eigenvalue weighted by Crippen LogP contribution is -2.28. The summed E-state index contributed by atoms with van der Waals surface area (Å²) in [6, 6.07) is 22.4. The predicted molar refractivity (Wildman–Crippen MR) is 109 cm³/mol. The first-order valence-corrected chi connectivity index (χ1v) is 8.89. The van der Waals surface area contributed by atoms with E-state index in [-0.39, 0.29) is 0 Å². The van der Waals surface area contributed by atoms with E-state index in [0.717, 1.165) is 46.6 Å². The Morgan fingerprint density at radius 3 is 2.37 bits per heavy atom. The number of likely N-dealkylation sites (N-methyl/N-ethyl adjacent to an activating group) is 1. The molecule has 0 saturated heterocycles. The number of fused-ring (bicyclic) bond motifs is 1. The highest BCUT2D eigenvalue weighted by atomic mass is 15.1. The number of nitrogens with two attached hydrogens (primary N) is 1. The van der Waals surface area contributed by atoms with Gasteiger partial charge in [0.2, 0.25) is 0 Å². The Morgan fingerprint density at radius 2 is 1.70 bits per heavy atom. The van der Waals surface area contributed by atoms with Crippen LogP contribution in [0.15, 0.2) is 60.7 Å². The fraction of sp³-hybridized carbons (Fsp3) is 0.130. The van der Waals surface area contributed by atoms with Crippen molar-refractivity contribution in [2.45, 2.75) is 6.54 Å². The van der Waals surface area contributed by atoms with Crippen LogP contribution >= 0.6 is 0 Å². The highest BCUT2D eigenvalue weighted by Crippen LogP contribution is 2.38. The third-order valence-electron chi connectivity index (χ3n) is 4.81. The van der Waals surface area contributed by atoms with Gasteiger partial charge >= 0.3 is 0 Å². The third-order valence-corrected chi connectivity index (χ3v) is 4.81. The van der Waals surface area contributed by atoms with Gasteiger partial charge in [0.15, 0.2) is 0 Å². The molecule has 0 saturated carbocycles. The van der Waals surface area contributed by atoms with Crippen molar-refractivity contribution in [3.05, 3.63) is 83.0 Å². The van der Waals surface area contributed by atoms with E-state index in [9.17, 15) is 5.26 Å². The van der Waals surface area contributed by atoms with Gasteiger partial charge in [0.1, 0.15) is 17.5 Å². The van der Waals surface area contributed by atoms with Gasteiger partial charge in [-0.15, -0.1) is 0 Å². The van der Waals surface area contributed by atoms with Crippen molar-refractivity contribution in [2.24, 2.45) is 0 Å². The number of nitrogen functional groups attached to an aromatic ring is 1. The SMILES string of the molecule is CN1C/C(=C/c2ccccc2)c2nc(N)c(C#N)c(-c3ccccc3)c2C1. The summed E-state index contributed by atoms with van der Waals surface area (Å²) in [6.45, 7) is 1.52. The van der Waals surface area contributed by atoms with Gasteiger partial charge < -0.3 is 5.73 Å². The average molecular weight is 352 g/mol. The molecule has 132 valence electrons. The van der Waals surface area contributed by atoms with Gasteiger partial charge in [0.05, 0.1) is 5.69 Å². The highest BCUT2D eigenvalue weighted by Gasteiger charge is 2.26. The van der Waals surface area contributed by atoms with Crippen molar-refractivity contribution in [2.75, 3.05) is 19.3 Å². The molecule has 2 heterocycles. The molecule has 0 unspecified atom stereocenters. The molecule has 4 nitrogen and oxygen atoms in total. The molecule has 0 atom stereocenters. The molecule has 2 N–H and O–H groups in total. The van der Waals surface area contributed by atoms with E-state index in [1.807, 2.05) is 48.5 Å². The standard InChI is InChI=1S/C23H20N4/c1-27-14-18(12-16-8-4-2-5-9-16)22-20(15-27)21(17-10-6-3-7-11-17)19(13-24)23(25)26-22/h2-12H,14-15H2,1H3,(H2,25,26)/b18-12-. The summed E-state index contributed by atoms with van der Waals surface area (Å²) in [5.41, 5.74) is 12.7. The molecule has 4 heteroatoms. The molecule has 0 bridgehead atoms. The van der Waals surface area contributed by atoms with Gasteiger partial charge in [-0.2, -0.15) is 5.26 Å². The lowest BCUT2D eigenvalue weighted by atomic mass is 9.89. The van der Waals surface area contributed by atoms with Crippen LogP contribution in [0.1, 0.15) is 22.4 Å². The third kappa shape index (κ3) is 3.21. The van der Waals surface area contributed by atoms with E-state index in [2.05, 4.69) is 41.2 Å². The summed E-state index contributed by atoms with van der Waals surface area (Å²) in [5.74, 6) is 0.290. The minimum Gasteiger partial charge on any atom is -0.383 e. The number of pyridine rings is 1. The van der Waals surface area contributed by atoms with Crippen LogP contribution in [0.5, 0.6) is 0 Å². The van der Waals surface area contributed by atoms with Gasteiger partial charge in [-0.05, 0) is 29.8 Å². The van der Waals surface area contributed by atoms with Crippen molar-refractivity contribution in [1.82, 2.24) is 9.88 Å². The van der Waals surface area contributed by atoms with E-state index in [0.29, 0.717) is 11.4 Å². The second-order valence-electron chi connectivity index (χ2n) is 6.80. The Bertz CT molecular complexity index is 1050. The van der Waals surface area contributed by atoms with Crippen LogP contribution in [-0.2, 0) is 6.54 Å². The largest absolute Gasteiger partial charge is 0.383 e.